The number of alkyl halides is 3. The number of amides is 2. The Labute approximate surface area is 157 Å². The first-order valence-electron chi connectivity index (χ1n) is 8.91. The number of rotatable bonds is 4. The number of halogens is 3. The van der Waals surface area contributed by atoms with Crippen molar-refractivity contribution in [3.8, 4) is 0 Å². The van der Waals surface area contributed by atoms with Crippen molar-refractivity contribution in [2.75, 3.05) is 13.1 Å². The van der Waals surface area contributed by atoms with Gasteiger partial charge < -0.3 is 10.2 Å². The molecule has 1 aromatic rings. The van der Waals surface area contributed by atoms with Crippen LogP contribution in [-0.2, 0) is 15.0 Å². The van der Waals surface area contributed by atoms with E-state index in [-0.39, 0.29) is 11.3 Å². The number of hydrogen-bond donors (Lipinski definition) is 1. The smallest absolute Gasteiger partial charge is 0.345 e. The Balaban J connectivity index is 1.99. The Kier molecular flexibility index (Phi) is 6.34. The maximum absolute atomic E-state index is 12.4. The van der Waals surface area contributed by atoms with Crippen LogP contribution in [0.2, 0.25) is 0 Å². The fourth-order valence-electron chi connectivity index (χ4n) is 2.97. The van der Waals surface area contributed by atoms with Gasteiger partial charge in [-0.05, 0) is 35.5 Å². The van der Waals surface area contributed by atoms with Crippen molar-refractivity contribution in [2.24, 2.45) is 0 Å². The number of benzene rings is 1. The SMILES string of the molecule is CC(C)(C)c1ccc(C=CC(=O)N2CCCC2C(=O)NCC(F)(F)F)cc1. The van der Waals surface area contributed by atoms with Gasteiger partial charge in [-0.1, -0.05) is 45.0 Å². The molecule has 1 atom stereocenters. The van der Waals surface area contributed by atoms with E-state index in [1.54, 1.807) is 6.08 Å². The molecular weight excluding hydrogens is 357 g/mol. The molecular formula is C20H25F3N2O2. The van der Waals surface area contributed by atoms with Gasteiger partial charge in [0, 0.05) is 12.6 Å². The van der Waals surface area contributed by atoms with Crippen LogP contribution in [0.3, 0.4) is 0 Å². The molecule has 0 spiro atoms. The van der Waals surface area contributed by atoms with Gasteiger partial charge in [-0.15, -0.1) is 0 Å². The van der Waals surface area contributed by atoms with Crippen LogP contribution in [0.5, 0.6) is 0 Å². The zero-order valence-corrected chi connectivity index (χ0v) is 15.8. The molecule has 1 aromatic carbocycles. The second kappa shape index (κ2) is 8.15. The number of carbonyl (C=O) groups is 2. The van der Waals surface area contributed by atoms with E-state index >= 15 is 0 Å². The molecule has 7 heteroatoms. The van der Waals surface area contributed by atoms with Crippen molar-refractivity contribution in [1.82, 2.24) is 10.2 Å². The summed E-state index contributed by atoms with van der Waals surface area (Å²) in [5.41, 5.74) is 2.05. The van der Waals surface area contributed by atoms with Crippen LogP contribution in [0, 0.1) is 0 Å². The normalized spacial score (nSPS) is 18.1. The average molecular weight is 382 g/mol. The number of carbonyl (C=O) groups excluding carboxylic acids is 2. The highest BCUT2D eigenvalue weighted by Gasteiger charge is 2.35. The lowest BCUT2D eigenvalue weighted by atomic mass is 9.87. The highest BCUT2D eigenvalue weighted by atomic mass is 19.4. The van der Waals surface area contributed by atoms with Crippen molar-refractivity contribution < 1.29 is 22.8 Å². The van der Waals surface area contributed by atoms with E-state index in [0.29, 0.717) is 19.4 Å². The zero-order valence-electron chi connectivity index (χ0n) is 15.8. The molecule has 0 radical (unpaired) electrons. The summed E-state index contributed by atoms with van der Waals surface area (Å²) >= 11 is 0. The van der Waals surface area contributed by atoms with Crippen LogP contribution < -0.4 is 5.32 Å². The molecule has 2 rings (SSSR count). The molecule has 0 aliphatic carbocycles. The maximum atomic E-state index is 12.4. The lowest BCUT2D eigenvalue weighted by Gasteiger charge is -2.23. The van der Waals surface area contributed by atoms with Crippen LogP contribution in [-0.4, -0.2) is 42.0 Å². The summed E-state index contributed by atoms with van der Waals surface area (Å²) in [5.74, 6) is -1.14. The molecule has 1 aliphatic heterocycles. The Morgan fingerprint density at radius 2 is 1.81 bits per heavy atom. The minimum Gasteiger partial charge on any atom is -0.345 e. The third-order valence-electron chi connectivity index (χ3n) is 4.50. The predicted octanol–water partition coefficient (Wildman–Crippen LogP) is 3.67. The van der Waals surface area contributed by atoms with Crippen molar-refractivity contribution in [2.45, 2.75) is 51.2 Å². The largest absolute Gasteiger partial charge is 0.405 e. The fraction of sp³-hybridized carbons (Fsp3) is 0.500. The molecule has 148 valence electrons. The van der Waals surface area contributed by atoms with Crippen molar-refractivity contribution >= 4 is 17.9 Å². The lowest BCUT2D eigenvalue weighted by molar-refractivity contribution is -0.143. The zero-order chi connectivity index (χ0) is 20.2. The Hall–Kier alpha value is -2.31. The Morgan fingerprint density at radius 1 is 1.19 bits per heavy atom. The van der Waals surface area contributed by atoms with Crippen LogP contribution in [0.4, 0.5) is 13.2 Å². The standard InChI is InChI=1S/C20H25F3N2O2/c1-19(2,3)15-9-6-14(7-10-15)8-11-17(26)25-12-4-5-16(25)18(27)24-13-20(21,22)23/h6-11,16H,4-5,12-13H2,1-3H3,(H,24,27). The summed E-state index contributed by atoms with van der Waals surface area (Å²) in [6.45, 7) is 5.30. The van der Waals surface area contributed by atoms with Gasteiger partial charge in [0.05, 0.1) is 0 Å². The van der Waals surface area contributed by atoms with E-state index in [1.165, 1.54) is 16.5 Å². The van der Waals surface area contributed by atoms with Crippen LogP contribution in [0.25, 0.3) is 6.08 Å². The molecule has 2 amide bonds. The summed E-state index contributed by atoms with van der Waals surface area (Å²) in [4.78, 5) is 25.7. The average Bonchev–Trinajstić information content (AvgIpc) is 3.06. The minimum absolute atomic E-state index is 0.0324. The third kappa shape index (κ3) is 6.12. The topological polar surface area (TPSA) is 49.4 Å². The van der Waals surface area contributed by atoms with E-state index in [9.17, 15) is 22.8 Å². The number of nitrogens with zero attached hydrogens (tertiary/aromatic N) is 1. The summed E-state index contributed by atoms with van der Waals surface area (Å²) in [5, 5.41) is 1.86. The van der Waals surface area contributed by atoms with Crippen LogP contribution in [0.1, 0.15) is 44.7 Å². The molecule has 27 heavy (non-hydrogen) atoms. The van der Waals surface area contributed by atoms with E-state index in [0.717, 1.165) is 5.56 Å². The number of hydrogen-bond acceptors (Lipinski definition) is 2. The van der Waals surface area contributed by atoms with Crippen molar-refractivity contribution in [3.05, 3.63) is 41.5 Å². The van der Waals surface area contributed by atoms with E-state index in [4.69, 9.17) is 0 Å². The number of likely N-dealkylation sites (tertiary alicyclic amines) is 1. The predicted molar refractivity (Wildman–Crippen MR) is 98.0 cm³/mol. The van der Waals surface area contributed by atoms with Gasteiger partial charge in [0.25, 0.3) is 0 Å². The molecule has 1 aliphatic rings. The van der Waals surface area contributed by atoms with Gasteiger partial charge in [-0.25, -0.2) is 0 Å². The number of nitrogens with one attached hydrogen (secondary N) is 1. The van der Waals surface area contributed by atoms with Crippen LogP contribution >= 0.6 is 0 Å². The first-order valence-corrected chi connectivity index (χ1v) is 8.91. The Morgan fingerprint density at radius 3 is 2.37 bits per heavy atom. The van der Waals surface area contributed by atoms with Gasteiger partial charge in [0.2, 0.25) is 11.8 Å². The molecule has 1 N–H and O–H groups in total. The third-order valence-corrected chi connectivity index (χ3v) is 4.50. The summed E-state index contributed by atoms with van der Waals surface area (Å²) in [6.07, 6.45) is -0.505. The van der Waals surface area contributed by atoms with Gasteiger partial charge in [-0.2, -0.15) is 13.2 Å². The lowest BCUT2D eigenvalue weighted by Crippen LogP contribution is -2.47. The highest BCUT2D eigenvalue weighted by molar-refractivity contribution is 5.96. The minimum atomic E-state index is -4.47. The molecule has 0 aromatic heterocycles. The first-order chi connectivity index (χ1) is 12.5. The summed E-state index contributed by atoms with van der Waals surface area (Å²) in [7, 11) is 0. The van der Waals surface area contributed by atoms with E-state index in [2.05, 4.69) is 20.8 Å². The Bertz CT molecular complexity index is 703. The molecule has 1 heterocycles. The molecule has 1 unspecified atom stereocenters. The monoisotopic (exact) mass is 382 g/mol. The van der Waals surface area contributed by atoms with Gasteiger partial charge >= 0.3 is 6.18 Å². The van der Waals surface area contributed by atoms with Crippen molar-refractivity contribution in [1.29, 1.82) is 0 Å². The van der Waals surface area contributed by atoms with Crippen LogP contribution in [0.15, 0.2) is 30.3 Å². The molecule has 0 bridgehead atoms. The van der Waals surface area contributed by atoms with E-state index in [1.807, 2.05) is 29.6 Å². The van der Waals surface area contributed by atoms with E-state index < -0.39 is 24.7 Å². The molecule has 1 saturated heterocycles. The highest BCUT2D eigenvalue weighted by Crippen LogP contribution is 2.23. The summed E-state index contributed by atoms with van der Waals surface area (Å²) in [6, 6.07) is 6.94. The second-order valence-electron chi connectivity index (χ2n) is 7.73. The van der Waals surface area contributed by atoms with Gasteiger partial charge in [-0.3, -0.25) is 9.59 Å². The fourth-order valence-corrected chi connectivity index (χ4v) is 2.97. The molecule has 4 nitrogen and oxygen atoms in total. The first kappa shape index (κ1) is 21.0. The molecule has 1 fully saturated rings. The van der Waals surface area contributed by atoms with Gasteiger partial charge in [0.15, 0.2) is 0 Å². The second-order valence-corrected chi connectivity index (χ2v) is 7.73. The quantitative estimate of drug-likeness (QED) is 0.808. The molecule has 0 saturated carbocycles. The summed E-state index contributed by atoms with van der Waals surface area (Å²) < 4.78 is 36.8. The maximum Gasteiger partial charge on any atom is 0.405 e. The van der Waals surface area contributed by atoms with Crippen molar-refractivity contribution in [3.63, 3.8) is 0 Å². The van der Waals surface area contributed by atoms with Gasteiger partial charge in [0.1, 0.15) is 12.6 Å².